The molecule has 0 fully saturated rings. The van der Waals surface area contributed by atoms with Crippen LogP contribution in [0.5, 0.6) is 34.5 Å². The Labute approximate surface area is 226 Å². The number of aliphatic hydroxyl groups excluding tert-OH is 1. The smallest absolute Gasteiger partial charge is 0.198 e. The largest absolute Gasteiger partial charge is 0.508 e. The van der Waals surface area contributed by atoms with E-state index in [4.69, 9.17) is 0 Å². The Balaban J connectivity index is 1.84. The van der Waals surface area contributed by atoms with E-state index >= 15 is 0 Å². The Morgan fingerprint density at radius 2 is 1.15 bits per heavy atom. The minimum Gasteiger partial charge on any atom is -0.508 e. The van der Waals surface area contributed by atoms with Crippen molar-refractivity contribution in [2.75, 3.05) is 0 Å². The molecule has 0 radical (unpaired) electrons. The SMILES string of the molecule is O=C(c1ccc(O)cc1O)[C@H]1[C@H](c2ccc(O)cc2)c2cc(O)c(O)cc2[C@H](O)[C@]1(O)C(=O)c1ccc(O)cc1. The van der Waals surface area contributed by atoms with Gasteiger partial charge in [0.2, 0.25) is 0 Å². The van der Waals surface area contributed by atoms with Crippen LogP contribution in [0, 0.1) is 5.92 Å². The van der Waals surface area contributed by atoms with Crippen LogP contribution >= 0.6 is 0 Å². The van der Waals surface area contributed by atoms with Gasteiger partial charge in [-0.05, 0) is 77.4 Å². The van der Waals surface area contributed by atoms with Crippen molar-refractivity contribution >= 4 is 11.6 Å². The summed E-state index contributed by atoms with van der Waals surface area (Å²) in [4.78, 5) is 28.3. The van der Waals surface area contributed by atoms with Crippen molar-refractivity contribution in [1.82, 2.24) is 0 Å². The summed E-state index contributed by atoms with van der Waals surface area (Å²) in [6, 6.07) is 15.4. The van der Waals surface area contributed by atoms with Crippen molar-refractivity contribution < 1.29 is 50.4 Å². The minimum absolute atomic E-state index is 0.0910. The molecule has 1 aliphatic carbocycles. The fourth-order valence-electron chi connectivity index (χ4n) is 5.37. The van der Waals surface area contributed by atoms with Gasteiger partial charge in [0.25, 0.3) is 0 Å². The topological polar surface area (TPSA) is 196 Å². The summed E-state index contributed by atoms with van der Waals surface area (Å²) < 4.78 is 0. The maximum absolute atomic E-state index is 14.2. The molecule has 5 rings (SSSR count). The normalized spacial score (nSPS) is 21.9. The van der Waals surface area contributed by atoms with Gasteiger partial charge in [-0.2, -0.15) is 0 Å². The van der Waals surface area contributed by atoms with E-state index in [-0.39, 0.29) is 45.1 Å². The monoisotopic (exact) mass is 544 g/mol. The molecule has 4 atom stereocenters. The number of rotatable bonds is 5. The van der Waals surface area contributed by atoms with E-state index in [0.717, 1.165) is 30.3 Å². The lowest BCUT2D eigenvalue weighted by molar-refractivity contribution is -0.0887. The van der Waals surface area contributed by atoms with Crippen molar-refractivity contribution in [2.45, 2.75) is 17.6 Å². The molecule has 4 aromatic rings. The van der Waals surface area contributed by atoms with Crippen LogP contribution in [0.3, 0.4) is 0 Å². The molecule has 40 heavy (non-hydrogen) atoms. The molecule has 204 valence electrons. The second kappa shape index (κ2) is 9.60. The predicted molar refractivity (Wildman–Crippen MR) is 140 cm³/mol. The number of carbonyl (C=O) groups excluding carboxylic acids is 2. The summed E-state index contributed by atoms with van der Waals surface area (Å²) in [5.41, 5.74) is -3.23. The lowest BCUT2D eigenvalue weighted by Crippen LogP contribution is -2.58. The number of hydrogen-bond acceptors (Lipinski definition) is 10. The molecule has 4 aromatic carbocycles. The van der Waals surface area contributed by atoms with Crippen LogP contribution < -0.4 is 0 Å². The summed E-state index contributed by atoms with van der Waals surface area (Å²) in [5.74, 6) is -7.74. The van der Waals surface area contributed by atoms with Crippen LogP contribution in [-0.4, -0.2) is 58.0 Å². The number of Topliss-reactive ketones (excluding diaryl/α,β-unsaturated/α-hetero) is 2. The van der Waals surface area contributed by atoms with E-state index in [0.29, 0.717) is 0 Å². The number of hydrogen-bond donors (Lipinski definition) is 8. The van der Waals surface area contributed by atoms with Crippen molar-refractivity contribution in [3.05, 3.63) is 107 Å². The van der Waals surface area contributed by atoms with Gasteiger partial charge in [-0.3, -0.25) is 9.59 Å². The highest BCUT2D eigenvalue weighted by atomic mass is 16.4. The molecule has 0 spiro atoms. The number of carbonyl (C=O) groups is 2. The highest BCUT2D eigenvalue weighted by molar-refractivity contribution is 6.11. The van der Waals surface area contributed by atoms with E-state index in [2.05, 4.69) is 0 Å². The Morgan fingerprint density at radius 3 is 1.73 bits per heavy atom. The zero-order valence-corrected chi connectivity index (χ0v) is 20.6. The second-order valence-electron chi connectivity index (χ2n) is 9.69. The molecular weight excluding hydrogens is 520 g/mol. The molecule has 0 aliphatic heterocycles. The molecule has 0 unspecified atom stereocenters. The van der Waals surface area contributed by atoms with Crippen molar-refractivity contribution in [1.29, 1.82) is 0 Å². The maximum atomic E-state index is 14.2. The summed E-state index contributed by atoms with van der Waals surface area (Å²) in [5, 5.41) is 84.3. The van der Waals surface area contributed by atoms with Gasteiger partial charge in [-0.15, -0.1) is 0 Å². The van der Waals surface area contributed by atoms with Crippen LogP contribution in [0.1, 0.15) is 49.4 Å². The Morgan fingerprint density at radius 1 is 0.625 bits per heavy atom. The lowest BCUT2D eigenvalue weighted by atomic mass is 9.58. The molecule has 0 amide bonds. The number of fused-ring (bicyclic) bond motifs is 1. The van der Waals surface area contributed by atoms with Crippen LogP contribution in [0.4, 0.5) is 0 Å². The molecular formula is C30H24O10. The van der Waals surface area contributed by atoms with Gasteiger partial charge < -0.3 is 40.9 Å². The average molecular weight is 545 g/mol. The molecule has 8 N–H and O–H groups in total. The highest BCUT2D eigenvalue weighted by Crippen LogP contribution is 2.55. The summed E-state index contributed by atoms with van der Waals surface area (Å²) in [6.45, 7) is 0. The third-order valence-corrected chi connectivity index (χ3v) is 7.31. The quantitative estimate of drug-likeness (QED) is 0.136. The first-order valence-electron chi connectivity index (χ1n) is 12.1. The number of aliphatic hydroxyl groups is 2. The maximum Gasteiger partial charge on any atom is 0.198 e. The number of ketones is 2. The number of phenols is 6. The lowest BCUT2D eigenvalue weighted by Gasteiger charge is -2.47. The first-order valence-corrected chi connectivity index (χ1v) is 12.1. The van der Waals surface area contributed by atoms with Gasteiger partial charge in [-0.1, -0.05) is 12.1 Å². The van der Waals surface area contributed by atoms with Crippen LogP contribution in [0.2, 0.25) is 0 Å². The minimum atomic E-state index is -2.92. The van der Waals surface area contributed by atoms with E-state index in [1.165, 1.54) is 48.5 Å². The Kier molecular flexibility index (Phi) is 6.37. The average Bonchev–Trinajstić information content (AvgIpc) is 2.92. The third kappa shape index (κ3) is 4.15. The Bertz CT molecular complexity index is 1630. The fourth-order valence-corrected chi connectivity index (χ4v) is 5.37. The Hall–Kier alpha value is -5.06. The van der Waals surface area contributed by atoms with Gasteiger partial charge in [0.1, 0.15) is 29.1 Å². The van der Waals surface area contributed by atoms with Crippen LogP contribution in [0.25, 0.3) is 0 Å². The molecule has 10 nitrogen and oxygen atoms in total. The fraction of sp³-hybridized carbons (Fsp3) is 0.133. The molecule has 0 aromatic heterocycles. The number of phenolic OH excluding ortho intramolecular Hbond substituents is 6. The second-order valence-corrected chi connectivity index (χ2v) is 9.69. The van der Waals surface area contributed by atoms with Crippen molar-refractivity contribution in [2.24, 2.45) is 5.92 Å². The van der Waals surface area contributed by atoms with Crippen LogP contribution in [0.15, 0.2) is 78.9 Å². The third-order valence-electron chi connectivity index (χ3n) is 7.31. The van der Waals surface area contributed by atoms with Gasteiger partial charge in [0.05, 0.1) is 11.5 Å². The van der Waals surface area contributed by atoms with Crippen molar-refractivity contribution in [3.8, 4) is 34.5 Å². The van der Waals surface area contributed by atoms with E-state index in [9.17, 15) is 50.4 Å². The predicted octanol–water partition coefficient (Wildman–Crippen LogP) is 3.21. The zero-order chi connectivity index (χ0) is 28.9. The molecule has 0 heterocycles. The molecule has 0 bridgehead atoms. The van der Waals surface area contributed by atoms with Gasteiger partial charge in [0, 0.05) is 17.5 Å². The molecule has 0 saturated heterocycles. The standard InChI is InChI=1S/C30H24O10/c31-16-5-1-14(2-6-16)25-20-12-23(35)24(36)13-21(20)29(39)30(40,28(38)15-3-7-17(32)8-4-15)26(25)27(37)19-10-9-18(33)11-22(19)34/h1-13,25-26,29,31-36,39-40H/t25-,26-,29+,30-/m1/s1. The first-order chi connectivity index (χ1) is 18.9. The van der Waals surface area contributed by atoms with Gasteiger partial charge in [0.15, 0.2) is 28.7 Å². The summed E-state index contributed by atoms with van der Waals surface area (Å²) in [6.07, 6.45) is -2.11. The van der Waals surface area contributed by atoms with Gasteiger partial charge in [-0.25, -0.2) is 0 Å². The zero-order valence-electron chi connectivity index (χ0n) is 20.6. The molecule has 1 aliphatic rings. The summed E-state index contributed by atoms with van der Waals surface area (Å²) >= 11 is 0. The molecule has 0 saturated carbocycles. The van der Waals surface area contributed by atoms with Crippen molar-refractivity contribution in [3.63, 3.8) is 0 Å². The van der Waals surface area contributed by atoms with Crippen LogP contribution in [-0.2, 0) is 0 Å². The van der Waals surface area contributed by atoms with Gasteiger partial charge >= 0.3 is 0 Å². The highest BCUT2D eigenvalue weighted by Gasteiger charge is 2.60. The van der Waals surface area contributed by atoms with E-state index < -0.39 is 52.4 Å². The van der Waals surface area contributed by atoms with E-state index in [1.807, 2.05) is 0 Å². The first kappa shape index (κ1) is 26.5. The number of aromatic hydroxyl groups is 6. The summed E-state index contributed by atoms with van der Waals surface area (Å²) in [7, 11) is 0. The van der Waals surface area contributed by atoms with E-state index in [1.54, 1.807) is 0 Å². The number of benzene rings is 4. The molecule has 10 heteroatoms.